The van der Waals surface area contributed by atoms with Crippen LogP contribution in [0.3, 0.4) is 0 Å². The van der Waals surface area contributed by atoms with Crippen molar-refractivity contribution in [3.05, 3.63) is 30.1 Å². The fourth-order valence-electron chi connectivity index (χ4n) is 2.63. The molecular formula is C13H18N4. The van der Waals surface area contributed by atoms with Gasteiger partial charge in [0.2, 0.25) is 0 Å². The Hall–Kier alpha value is -1.55. The molecule has 1 aliphatic carbocycles. The highest BCUT2D eigenvalue weighted by atomic mass is 15.1. The zero-order valence-electron chi connectivity index (χ0n) is 9.89. The standard InChI is InChI=1S/C13H18N4/c14-12-6-3-7-13-16-9-11(17(12)13)8-15-10-4-1-2-5-10/h3,6-7,9-10,15H,1-2,4-5,8,14H2. The zero-order chi connectivity index (χ0) is 11.7. The van der Waals surface area contributed by atoms with E-state index in [9.17, 15) is 0 Å². The van der Waals surface area contributed by atoms with Gasteiger partial charge in [-0.25, -0.2) is 4.98 Å². The highest BCUT2D eigenvalue weighted by molar-refractivity contribution is 5.49. The molecule has 2 heterocycles. The number of aromatic nitrogens is 2. The first-order chi connectivity index (χ1) is 8.34. The lowest BCUT2D eigenvalue weighted by atomic mass is 10.2. The summed E-state index contributed by atoms with van der Waals surface area (Å²) in [6.45, 7) is 0.847. The van der Waals surface area contributed by atoms with E-state index < -0.39 is 0 Å². The molecule has 4 heteroatoms. The van der Waals surface area contributed by atoms with Crippen molar-refractivity contribution in [1.82, 2.24) is 14.7 Å². The quantitative estimate of drug-likeness (QED) is 0.847. The zero-order valence-corrected chi connectivity index (χ0v) is 9.89. The predicted octanol–water partition coefficient (Wildman–Crippen LogP) is 1.95. The minimum Gasteiger partial charge on any atom is -0.385 e. The van der Waals surface area contributed by atoms with Crippen LogP contribution in [0.25, 0.3) is 5.65 Å². The smallest absolute Gasteiger partial charge is 0.138 e. The van der Waals surface area contributed by atoms with Gasteiger partial charge in [0.1, 0.15) is 11.5 Å². The van der Waals surface area contributed by atoms with Crippen LogP contribution < -0.4 is 11.1 Å². The molecule has 17 heavy (non-hydrogen) atoms. The largest absolute Gasteiger partial charge is 0.385 e. The number of nitrogen functional groups attached to an aromatic ring is 1. The minimum atomic E-state index is 0.672. The number of hydrogen-bond donors (Lipinski definition) is 2. The summed E-state index contributed by atoms with van der Waals surface area (Å²) in [5.74, 6) is 0.753. The van der Waals surface area contributed by atoms with Crippen molar-refractivity contribution in [3.63, 3.8) is 0 Å². The molecule has 0 aromatic carbocycles. The summed E-state index contributed by atoms with van der Waals surface area (Å²) >= 11 is 0. The van der Waals surface area contributed by atoms with Gasteiger partial charge >= 0.3 is 0 Å². The topological polar surface area (TPSA) is 55.3 Å². The summed E-state index contributed by atoms with van der Waals surface area (Å²) in [5, 5.41) is 3.59. The lowest BCUT2D eigenvalue weighted by Crippen LogP contribution is -2.26. The molecule has 4 nitrogen and oxygen atoms in total. The van der Waals surface area contributed by atoms with E-state index in [1.165, 1.54) is 25.7 Å². The normalized spacial score (nSPS) is 16.9. The van der Waals surface area contributed by atoms with Crippen molar-refractivity contribution >= 4 is 11.5 Å². The number of nitrogens with zero attached hydrogens (tertiary/aromatic N) is 2. The molecule has 3 rings (SSSR count). The van der Waals surface area contributed by atoms with Gasteiger partial charge in [-0.05, 0) is 25.0 Å². The first kappa shape index (κ1) is 10.6. The Labute approximate surface area is 101 Å². The molecule has 1 aliphatic rings. The van der Waals surface area contributed by atoms with Crippen LogP contribution in [0.4, 0.5) is 5.82 Å². The van der Waals surface area contributed by atoms with Gasteiger partial charge in [0.05, 0.1) is 11.9 Å². The Morgan fingerprint density at radius 2 is 2.18 bits per heavy atom. The summed E-state index contributed by atoms with van der Waals surface area (Å²) < 4.78 is 2.02. The SMILES string of the molecule is Nc1cccc2ncc(CNC3CCCC3)n12. The van der Waals surface area contributed by atoms with E-state index in [1.54, 1.807) is 0 Å². The van der Waals surface area contributed by atoms with Crippen molar-refractivity contribution in [3.8, 4) is 0 Å². The maximum atomic E-state index is 5.98. The van der Waals surface area contributed by atoms with E-state index >= 15 is 0 Å². The van der Waals surface area contributed by atoms with Crippen molar-refractivity contribution in [2.24, 2.45) is 0 Å². The molecule has 0 radical (unpaired) electrons. The van der Waals surface area contributed by atoms with Gasteiger partial charge in [-0.1, -0.05) is 18.9 Å². The summed E-state index contributed by atoms with van der Waals surface area (Å²) in [5.41, 5.74) is 8.05. The second-order valence-electron chi connectivity index (χ2n) is 4.76. The average Bonchev–Trinajstić information content (AvgIpc) is 2.95. The third-order valence-electron chi connectivity index (χ3n) is 3.56. The summed E-state index contributed by atoms with van der Waals surface area (Å²) in [6, 6.07) is 6.50. The maximum absolute atomic E-state index is 5.98. The molecule has 0 atom stereocenters. The van der Waals surface area contributed by atoms with E-state index in [4.69, 9.17) is 5.73 Å². The van der Waals surface area contributed by atoms with E-state index in [0.29, 0.717) is 6.04 Å². The monoisotopic (exact) mass is 230 g/mol. The number of rotatable bonds is 3. The van der Waals surface area contributed by atoms with Gasteiger partial charge in [-0.2, -0.15) is 0 Å². The number of nitrogens with one attached hydrogen (secondary N) is 1. The lowest BCUT2D eigenvalue weighted by Gasteiger charge is -2.11. The van der Waals surface area contributed by atoms with Crippen LogP contribution in [0.2, 0.25) is 0 Å². The van der Waals surface area contributed by atoms with Crippen molar-refractivity contribution < 1.29 is 0 Å². The molecule has 1 saturated carbocycles. The van der Waals surface area contributed by atoms with Gasteiger partial charge in [0.25, 0.3) is 0 Å². The number of anilines is 1. The van der Waals surface area contributed by atoms with E-state index in [2.05, 4.69) is 10.3 Å². The summed E-state index contributed by atoms with van der Waals surface area (Å²) in [4.78, 5) is 4.37. The first-order valence-corrected chi connectivity index (χ1v) is 6.29. The molecule has 0 unspecified atom stereocenters. The number of nitrogens with two attached hydrogens (primary N) is 1. The van der Waals surface area contributed by atoms with Crippen LogP contribution in [0.5, 0.6) is 0 Å². The fourth-order valence-corrected chi connectivity index (χ4v) is 2.63. The Balaban J connectivity index is 1.80. The second kappa shape index (κ2) is 4.37. The number of pyridine rings is 1. The fraction of sp³-hybridized carbons (Fsp3) is 0.462. The Morgan fingerprint density at radius 1 is 1.35 bits per heavy atom. The molecule has 0 aliphatic heterocycles. The molecule has 0 spiro atoms. The average molecular weight is 230 g/mol. The second-order valence-corrected chi connectivity index (χ2v) is 4.76. The molecule has 90 valence electrons. The van der Waals surface area contributed by atoms with Gasteiger partial charge < -0.3 is 11.1 Å². The molecule has 3 N–H and O–H groups in total. The molecule has 2 aromatic rings. The van der Waals surface area contributed by atoms with Crippen molar-refractivity contribution in [2.75, 3.05) is 5.73 Å². The Kier molecular flexibility index (Phi) is 2.73. The van der Waals surface area contributed by atoms with Crippen molar-refractivity contribution in [1.29, 1.82) is 0 Å². The van der Waals surface area contributed by atoms with Crippen LogP contribution in [-0.2, 0) is 6.54 Å². The van der Waals surface area contributed by atoms with Gasteiger partial charge in [0.15, 0.2) is 0 Å². The van der Waals surface area contributed by atoms with Crippen LogP contribution in [0, 0.1) is 0 Å². The van der Waals surface area contributed by atoms with Gasteiger partial charge in [-0.15, -0.1) is 0 Å². The molecule has 2 aromatic heterocycles. The highest BCUT2D eigenvalue weighted by Gasteiger charge is 2.15. The van der Waals surface area contributed by atoms with Crippen LogP contribution in [-0.4, -0.2) is 15.4 Å². The first-order valence-electron chi connectivity index (χ1n) is 6.29. The lowest BCUT2D eigenvalue weighted by molar-refractivity contribution is 0.518. The number of hydrogen-bond acceptors (Lipinski definition) is 3. The van der Waals surface area contributed by atoms with E-state index in [0.717, 1.165) is 23.7 Å². The van der Waals surface area contributed by atoms with Crippen LogP contribution in [0.1, 0.15) is 31.4 Å². The van der Waals surface area contributed by atoms with Crippen LogP contribution in [0.15, 0.2) is 24.4 Å². The summed E-state index contributed by atoms with van der Waals surface area (Å²) in [6.07, 6.45) is 7.21. The van der Waals surface area contributed by atoms with Gasteiger partial charge in [-0.3, -0.25) is 4.40 Å². The number of imidazole rings is 1. The third kappa shape index (κ3) is 2.00. The molecule has 0 saturated heterocycles. The minimum absolute atomic E-state index is 0.672. The van der Waals surface area contributed by atoms with Gasteiger partial charge in [0, 0.05) is 12.6 Å². The Morgan fingerprint density at radius 3 is 3.00 bits per heavy atom. The predicted molar refractivity (Wildman–Crippen MR) is 68.7 cm³/mol. The summed E-state index contributed by atoms with van der Waals surface area (Å²) in [7, 11) is 0. The molecular weight excluding hydrogens is 212 g/mol. The molecule has 1 fully saturated rings. The van der Waals surface area contributed by atoms with Crippen LogP contribution >= 0.6 is 0 Å². The third-order valence-corrected chi connectivity index (χ3v) is 3.56. The number of fused-ring (bicyclic) bond motifs is 1. The highest BCUT2D eigenvalue weighted by Crippen LogP contribution is 2.18. The van der Waals surface area contributed by atoms with E-state index in [-0.39, 0.29) is 0 Å². The molecule has 0 bridgehead atoms. The van der Waals surface area contributed by atoms with Crippen molar-refractivity contribution in [2.45, 2.75) is 38.3 Å². The maximum Gasteiger partial charge on any atom is 0.138 e. The Bertz CT molecular complexity index is 511. The molecule has 0 amide bonds. The van der Waals surface area contributed by atoms with E-state index in [1.807, 2.05) is 28.8 Å².